The first-order chi connectivity index (χ1) is 14.6. The van der Waals surface area contributed by atoms with Gasteiger partial charge in [0, 0.05) is 23.1 Å². The smallest absolute Gasteiger partial charge is 0.257 e. The molecule has 1 amide bonds. The lowest BCUT2D eigenvalue weighted by atomic mass is 10.2. The van der Waals surface area contributed by atoms with Crippen LogP contribution >= 0.6 is 23.1 Å². The molecule has 0 saturated carbocycles. The second-order valence-corrected chi connectivity index (χ2v) is 8.95. The molecule has 2 aromatic carbocycles. The number of aromatic nitrogens is 3. The second kappa shape index (κ2) is 7.66. The Morgan fingerprint density at radius 2 is 2.03 bits per heavy atom. The minimum absolute atomic E-state index is 0.172. The molecule has 1 N–H and O–H groups in total. The van der Waals surface area contributed by atoms with E-state index < -0.39 is 0 Å². The number of hydrogen-bond acceptors (Lipinski definition) is 7. The molecule has 0 fully saturated rings. The highest BCUT2D eigenvalue weighted by molar-refractivity contribution is 7.99. The van der Waals surface area contributed by atoms with Crippen LogP contribution in [0.1, 0.15) is 23.0 Å². The van der Waals surface area contributed by atoms with Crippen molar-refractivity contribution in [3.8, 4) is 16.6 Å². The van der Waals surface area contributed by atoms with E-state index in [4.69, 9.17) is 9.47 Å². The summed E-state index contributed by atoms with van der Waals surface area (Å²) < 4.78 is 13.5. The van der Waals surface area contributed by atoms with Gasteiger partial charge in [-0.3, -0.25) is 4.79 Å². The topological polar surface area (TPSA) is 78.3 Å². The van der Waals surface area contributed by atoms with Gasteiger partial charge in [0.25, 0.3) is 5.91 Å². The summed E-state index contributed by atoms with van der Waals surface area (Å²) >= 11 is 3.12. The molecule has 5 rings (SSSR count). The molecule has 0 aliphatic carbocycles. The van der Waals surface area contributed by atoms with Gasteiger partial charge in [-0.2, -0.15) is 9.78 Å². The first-order valence-corrected chi connectivity index (χ1v) is 11.2. The SMILES string of the molecule is CCSc1ccccc1C(=O)Nc1cc(C)nn1-c1nc2cc3c(cc2s1)OCO3. The molecule has 1 aliphatic rings. The van der Waals surface area contributed by atoms with Crippen molar-refractivity contribution in [1.29, 1.82) is 0 Å². The van der Waals surface area contributed by atoms with Gasteiger partial charge in [-0.1, -0.05) is 30.4 Å². The molecule has 0 atom stereocenters. The van der Waals surface area contributed by atoms with Gasteiger partial charge in [0.2, 0.25) is 11.9 Å². The number of fused-ring (bicyclic) bond motifs is 2. The standard InChI is InChI=1S/C21H18N4O3S2/c1-3-29-17-7-5-4-6-13(17)20(26)23-19-8-12(2)24-25(19)21-22-14-9-15-16(28-11-27-15)10-18(14)30-21/h4-10H,3,11H2,1-2H3,(H,23,26). The molecule has 0 spiro atoms. The summed E-state index contributed by atoms with van der Waals surface area (Å²) in [6.45, 7) is 4.18. The van der Waals surface area contributed by atoms with Crippen LogP contribution in [0.25, 0.3) is 15.3 Å². The zero-order valence-electron chi connectivity index (χ0n) is 16.3. The van der Waals surface area contributed by atoms with Crippen LogP contribution in [-0.2, 0) is 0 Å². The van der Waals surface area contributed by atoms with Gasteiger partial charge in [0.1, 0.15) is 5.82 Å². The van der Waals surface area contributed by atoms with Crippen LogP contribution < -0.4 is 14.8 Å². The number of thiazole rings is 1. The molecule has 0 radical (unpaired) electrons. The lowest BCUT2D eigenvalue weighted by molar-refractivity contribution is 0.102. The Kier molecular flexibility index (Phi) is 4.84. The molecule has 7 nitrogen and oxygen atoms in total. The molecule has 3 heterocycles. The summed E-state index contributed by atoms with van der Waals surface area (Å²) in [5, 5.41) is 8.20. The van der Waals surface area contributed by atoms with E-state index in [9.17, 15) is 4.79 Å². The maximum absolute atomic E-state index is 13.0. The van der Waals surface area contributed by atoms with E-state index in [2.05, 4.69) is 22.3 Å². The third-order valence-corrected chi connectivity index (χ3v) is 6.51. The van der Waals surface area contributed by atoms with Crippen LogP contribution in [0, 0.1) is 6.92 Å². The second-order valence-electron chi connectivity index (χ2n) is 6.64. The lowest BCUT2D eigenvalue weighted by Gasteiger charge is -2.09. The molecule has 0 unspecified atom stereocenters. The maximum Gasteiger partial charge on any atom is 0.257 e. The number of amides is 1. The van der Waals surface area contributed by atoms with Crippen molar-refractivity contribution >= 4 is 45.0 Å². The highest BCUT2D eigenvalue weighted by Gasteiger charge is 2.20. The number of rotatable bonds is 5. The Labute approximate surface area is 181 Å². The zero-order valence-corrected chi connectivity index (χ0v) is 18.0. The van der Waals surface area contributed by atoms with Crippen molar-refractivity contribution in [2.24, 2.45) is 0 Å². The Bertz CT molecular complexity index is 1220. The van der Waals surface area contributed by atoms with E-state index in [1.807, 2.05) is 49.4 Å². The van der Waals surface area contributed by atoms with Gasteiger partial charge in [0.15, 0.2) is 11.5 Å². The van der Waals surface area contributed by atoms with Crippen molar-refractivity contribution < 1.29 is 14.3 Å². The predicted octanol–water partition coefficient (Wildman–Crippen LogP) is 4.88. The highest BCUT2D eigenvalue weighted by Crippen LogP contribution is 2.39. The lowest BCUT2D eigenvalue weighted by Crippen LogP contribution is -2.16. The van der Waals surface area contributed by atoms with Crippen LogP contribution in [0.15, 0.2) is 47.4 Å². The van der Waals surface area contributed by atoms with Crippen molar-refractivity contribution in [3.05, 3.63) is 53.7 Å². The average Bonchev–Trinajstić information content (AvgIpc) is 3.44. The zero-order chi connectivity index (χ0) is 20.7. The summed E-state index contributed by atoms with van der Waals surface area (Å²) in [6, 6.07) is 13.2. The van der Waals surface area contributed by atoms with Gasteiger partial charge >= 0.3 is 0 Å². The first-order valence-electron chi connectivity index (χ1n) is 9.43. The van der Waals surface area contributed by atoms with Crippen LogP contribution in [0.3, 0.4) is 0 Å². The Morgan fingerprint density at radius 3 is 2.87 bits per heavy atom. The normalized spacial score (nSPS) is 12.5. The van der Waals surface area contributed by atoms with E-state index in [1.54, 1.807) is 16.4 Å². The Morgan fingerprint density at radius 1 is 1.23 bits per heavy atom. The minimum Gasteiger partial charge on any atom is -0.454 e. The van der Waals surface area contributed by atoms with Crippen LogP contribution in [0.5, 0.6) is 11.5 Å². The first kappa shape index (κ1) is 19.0. The molecule has 30 heavy (non-hydrogen) atoms. The molecule has 1 aliphatic heterocycles. The van der Waals surface area contributed by atoms with Gasteiger partial charge in [0.05, 0.1) is 21.5 Å². The Hall–Kier alpha value is -3.04. The molecule has 152 valence electrons. The third-order valence-electron chi connectivity index (χ3n) is 4.56. The number of ether oxygens (including phenoxy) is 2. The number of anilines is 1. The minimum atomic E-state index is -0.172. The summed E-state index contributed by atoms with van der Waals surface area (Å²) in [5.74, 6) is 2.70. The largest absolute Gasteiger partial charge is 0.454 e. The molecular weight excluding hydrogens is 420 g/mol. The number of carbonyl (C=O) groups is 1. The van der Waals surface area contributed by atoms with Gasteiger partial charge < -0.3 is 14.8 Å². The number of nitrogens with one attached hydrogen (secondary N) is 1. The van der Waals surface area contributed by atoms with E-state index in [0.717, 1.165) is 26.6 Å². The van der Waals surface area contributed by atoms with Crippen LogP contribution in [0.4, 0.5) is 5.82 Å². The van der Waals surface area contributed by atoms with E-state index in [0.29, 0.717) is 28.0 Å². The van der Waals surface area contributed by atoms with Gasteiger partial charge in [-0.15, -0.1) is 11.8 Å². The summed E-state index contributed by atoms with van der Waals surface area (Å²) in [5.41, 5.74) is 2.23. The van der Waals surface area contributed by atoms with Crippen molar-refractivity contribution in [2.75, 3.05) is 17.9 Å². The summed E-state index contributed by atoms with van der Waals surface area (Å²) in [4.78, 5) is 18.6. The molecule has 0 bridgehead atoms. The third kappa shape index (κ3) is 3.40. The number of thioether (sulfide) groups is 1. The maximum atomic E-state index is 13.0. The number of hydrogen-bond donors (Lipinski definition) is 1. The number of nitrogens with zero attached hydrogens (tertiary/aromatic N) is 3. The fourth-order valence-corrected chi connectivity index (χ4v) is 4.99. The fourth-order valence-electron chi connectivity index (χ4n) is 3.25. The number of carbonyl (C=O) groups excluding carboxylic acids is 1. The Balaban J connectivity index is 1.49. The highest BCUT2D eigenvalue weighted by atomic mass is 32.2. The molecular formula is C21H18N4O3S2. The molecule has 0 saturated heterocycles. The number of benzene rings is 2. The average molecular weight is 439 g/mol. The van der Waals surface area contributed by atoms with E-state index >= 15 is 0 Å². The monoisotopic (exact) mass is 438 g/mol. The number of aryl methyl sites for hydroxylation is 1. The molecule has 4 aromatic rings. The van der Waals surface area contributed by atoms with Gasteiger partial charge in [-0.05, 0) is 24.8 Å². The van der Waals surface area contributed by atoms with Crippen molar-refractivity contribution in [1.82, 2.24) is 14.8 Å². The van der Waals surface area contributed by atoms with Crippen LogP contribution in [-0.4, -0.2) is 33.2 Å². The fraction of sp³-hybridized carbons (Fsp3) is 0.190. The van der Waals surface area contributed by atoms with Crippen LogP contribution in [0.2, 0.25) is 0 Å². The van der Waals surface area contributed by atoms with Crippen molar-refractivity contribution in [2.45, 2.75) is 18.7 Å². The van der Waals surface area contributed by atoms with Gasteiger partial charge in [-0.25, -0.2) is 4.98 Å². The quantitative estimate of drug-likeness (QED) is 0.447. The molecule has 2 aromatic heterocycles. The predicted molar refractivity (Wildman–Crippen MR) is 118 cm³/mol. The van der Waals surface area contributed by atoms with E-state index in [1.165, 1.54) is 11.3 Å². The molecule has 9 heteroatoms. The van der Waals surface area contributed by atoms with E-state index in [-0.39, 0.29) is 12.7 Å². The summed E-state index contributed by atoms with van der Waals surface area (Å²) in [6.07, 6.45) is 0. The van der Waals surface area contributed by atoms with Crippen molar-refractivity contribution in [3.63, 3.8) is 0 Å². The summed E-state index contributed by atoms with van der Waals surface area (Å²) in [7, 11) is 0.